The predicted molar refractivity (Wildman–Crippen MR) is 132 cm³/mol. The van der Waals surface area contributed by atoms with Crippen molar-refractivity contribution >= 4 is 29.1 Å². The Morgan fingerprint density at radius 1 is 1.11 bits per heavy atom. The SMILES string of the molecule is CCN(CC)C(=O)c1cc(N(C)C)c2c(c1O)C(=O)C1=C(O)[C@]3(O)C(=O)C(C(N)=O)=C(O)C[C@@H]3C[C@@H]1C2. The van der Waals surface area contributed by atoms with Crippen LogP contribution in [0.15, 0.2) is 28.7 Å². The minimum Gasteiger partial charge on any atom is -0.511 e. The van der Waals surface area contributed by atoms with E-state index in [2.05, 4.69) is 0 Å². The molecule has 0 saturated carbocycles. The zero-order valence-corrected chi connectivity index (χ0v) is 21.2. The van der Waals surface area contributed by atoms with Crippen LogP contribution in [-0.2, 0) is 16.0 Å². The van der Waals surface area contributed by atoms with Gasteiger partial charge < -0.3 is 36.0 Å². The molecule has 0 aliphatic heterocycles. The van der Waals surface area contributed by atoms with Crippen molar-refractivity contribution in [2.75, 3.05) is 32.1 Å². The summed E-state index contributed by atoms with van der Waals surface area (Å²) in [7, 11) is 3.47. The first-order valence-electron chi connectivity index (χ1n) is 12.1. The first-order valence-corrected chi connectivity index (χ1v) is 12.1. The number of anilines is 1. The van der Waals surface area contributed by atoms with Gasteiger partial charge in [-0.1, -0.05) is 0 Å². The Morgan fingerprint density at radius 2 is 1.73 bits per heavy atom. The van der Waals surface area contributed by atoms with E-state index in [1.807, 2.05) is 0 Å². The first-order chi connectivity index (χ1) is 17.3. The summed E-state index contributed by atoms with van der Waals surface area (Å²) in [6.07, 6.45) is -0.0929. The monoisotopic (exact) mass is 513 g/mol. The lowest BCUT2D eigenvalue weighted by Crippen LogP contribution is -2.57. The summed E-state index contributed by atoms with van der Waals surface area (Å²) in [6.45, 7) is 4.33. The molecule has 0 aromatic heterocycles. The fraction of sp³-hybridized carbons (Fsp3) is 0.462. The van der Waals surface area contributed by atoms with E-state index in [0.29, 0.717) is 24.3 Å². The number of carbonyl (C=O) groups excluding carboxylic acids is 4. The maximum Gasteiger partial charge on any atom is 0.257 e. The summed E-state index contributed by atoms with van der Waals surface area (Å²) in [5.74, 6) is -7.53. The molecule has 11 heteroatoms. The number of nitrogens with zero attached hydrogens (tertiary/aromatic N) is 2. The number of hydrogen-bond donors (Lipinski definition) is 5. The van der Waals surface area contributed by atoms with E-state index < -0.39 is 63.7 Å². The molecule has 198 valence electrons. The van der Waals surface area contributed by atoms with Crippen LogP contribution in [0.4, 0.5) is 5.69 Å². The Hall–Kier alpha value is -3.86. The molecule has 6 N–H and O–H groups in total. The number of carbonyl (C=O) groups is 4. The number of nitrogens with two attached hydrogens (primary N) is 1. The van der Waals surface area contributed by atoms with Gasteiger partial charge in [0.05, 0.1) is 11.1 Å². The van der Waals surface area contributed by atoms with Crippen LogP contribution in [0.2, 0.25) is 0 Å². The number of aromatic hydroxyl groups is 1. The first kappa shape index (κ1) is 26.2. The molecule has 11 nitrogen and oxygen atoms in total. The third kappa shape index (κ3) is 3.59. The average molecular weight is 514 g/mol. The number of rotatable bonds is 5. The predicted octanol–water partition coefficient (Wildman–Crippen LogP) is 1.13. The van der Waals surface area contributed by atoms with E-state index >= 15 is 0 Å². The number of Topliss-reactive ketones (excluding diaryl/α,β-unsaturated/α-hetero) is 2. The van der Waals surface area contributed by atoms with Crippen LogP contribution in [0, 0.1) is 11.8 Å². The molecule has 2 amide bonds. The summed E-state index contributed by atoms with van der Waals surface area (Å²) < 4.78 is 0. The van der Waals surface area contributed by atoms with Gasteiger partial charge in [0.1, 0.15) is 22.8 Å². The number of phenols is 1. The van der Waals surface area contributed by atoms with Gasteiger partial charge >= 0.3 is 0 Å². The molecule has 0 unspecified atom stereocenters. The molecule has 37 heavy (non-hydrogen) atoms. The standard InChI is InChI=1S/C26H31N3O8/c1-5-29(6-2)25(36)14-10-15(28(3)4)13-8-11-7-12-9-16(30)19(24(27)35)23(34)26(12,37)22(33)17(11)21(32)18(13)20(14)31/h10-12,30-31,33,37H,5-9H2,1-4H3,(H2,27,35)/t11-,12+,26+/m1/s1. The Balaban J connectivity index is 1.94. The Bertz CT molecular complexity index is 1310. The summed E-state index contributed by atoms with van der Waals surface area (Å²) in [4.78, 5) is 55.1. The van der Waals surface area contributed by atoms with Gasteiger partial charge in [-0.25, -0.2) is 0 Å². The van der Waals surface area contributed by atoms with Crippen molar-refractivity contribution < 1.29 is 39.6 Å². The molecule has 3 aliphatic rings. The molecule has 0 radical (unpaired) electrons. The third-order valence-electron chi connectivity index (χ3n) is 7.80. The van der Waals surface area contributed by atoms with Crippen LogP contribution in [0.1, 0.15) is 53.0 Å². The van der Waals surface area contributed by atoms with Crippen molar-refractivity contribution in [1.82, 2.24) is 4.90 Å². The molecule has 3 aliphatic carbocycles. The third-order valence-corrected chi connectivity index (χ3v) is 7.80. The van der Waals surface area contributed by atoms with E-state index in [9.17, 15) is 39.6 Å². The zero-order valence-electron chi connectivity index (χ0n) is 21.2. The molecule has 0 spiro atoms. The normalized spacial score (nSPS) is 24.9. The molecule has 0 bridgehead atoms. The molecular formula is C26H31N3O8. The van der Waals surface area contributed by atoms with E-state index in [-0.39, 0.29) is 36.0 Å². The molecule has 0 heterocycles. The van der Waals surface area contributed by atoms with Gasteiger partial charge in [-0.3, -0.25) is 19.2 Å². The number of primary amides is 1. The molecular weight excluding hydrogens is 482 g/mol. The van der Waals surface area contributed by atoms with Crippen LogP contribution in [0.3, 0.4) is 0 Å². The topological polar surface area (TPSA) is 182 Å². The number of benzene rings is 1. The number of fused-ring (bicyclic) bond motifs is 3. The lowest BCUT2D eigenvalue weighted by atomic mass is 9.60. The van der Waals surface area contributed by atoms with E-state index in [1.165, 1.54) is 11.0 Å². The van der Waals surface area contributed by atoms with Crippen molar-refractivity contribution in [3.8, 4) is 5.75 Å². The second-order valence-corrected chi connectivity index (χ2v) is 9.93. The highest BCUT2D eigenvalue weighted by Gasteiger charge is 2.59. The van der Waals surface area contributed by atoms with E-state index in [4.69, 9.17) is 5.73 Å². The zero-order chi connectivity index (χ0) is 27.6. The second-order valence-electron chi connectivity index (χ2n) is 9.93. The molecule has 0 saturated heterocycles. The maximum absolute atomic E-state index is 13.8. The van der Waals surface area contributed by atoms with Crippen molar-refractivity contribution in [2.45, 2.75) is 38.7 Å². The van der Waals surface area contributed by atoms with Gasteiger partial charge in [-0.05, 0) is 44.2 Å². The van der Waals surface area contributed by atoms with Gasteiger partial charge in [-0.2, -0.15) is 0 Å². The van der Waals surface area contributed by atoms with Gasteiger partial charge in [-0.15, -0.1) is 0 Å². The second kappa shape index (κ2) is 8.91. The molecule has 0 fully saturated rings. The number of amides is 2. The number of hydrogen-bond acceptors (Lipinski definition) is 9. The van der Waals surface area contributed by atoms with Crippen molar-refractivity contribution in [2.24, 2.45) is 17.6 Å². The molecule has 1 aromatic rings. The highest BCUT2D eigenvalue weighted by atomic mass is 16.3. The highest BCUT2D eigenvalue weighted by molar-refractivity contribution is 6.24. The Labute approximate surface area is 213 Å². The minimum atomic E-state index is -2.63. The van der Waals surface area contributed by atoms with Crippen LogP contribution < -0.4 is 10.6 Å². The fourth-order valence-corrected chi connectivity index (χ4v) is 5.91. The van der Waals surface area contributed by atoms with Gasteiger partial charge in [0, 0.05) is 50.8 Å². The lowest BCUT2D eigenvalue weighted by Gasteiger charge is -2.46. The van der Waals surface area contributed by atoms with Crippen LogP contribution >= 0.6 is 0 Å². The van der Waals surface area contributed by atoms with Crippen LogP contribution in [0.5, 0.6) is 5.75 Å². The van der Waals surface area contributed by atoms with E-state index in [1.54, 1.807) is 32.8 Å². The Kier molecular flexibility index (Phi) is 6.31. The van der Waals surface area contributed by atoms with E-state index in [0.717, 1.165) is 0 Å². The van der Waals surface area contributed by atoms with Crippen molar-refractivity contribution in [3.05, 3.63) is 45.4 Å². The molecule has 1 aromatic carbocycles. The number of allylic oxidation sites excluding steroid dienone is 2. The lowest BCUT2D eigenvalue weighted by molar-refractivity contribution is -0.144. The average Bonchev–Trinajstić information content (AvgIpc) is 2.81. The Morgan fingerprint density at radius 3 is 2.27 bits per heavy atom. The number of aliphatic hydroxyl groups is 3. The smallest absolute Gasteiger partial charge is 0.257 e. The van der Waals surface area contributed by atoms with Crippen LogP contribution in [-0.4, -0.2) is 81.5 Å². The summed E-state index contributed by atoms with van der Waals surface area (Å²) in [5, 5.41) is 44.0. The highest BCUT2D eigenvalue weighted by Crippen LogP contribution is 2.52. The fourth-order valence-electron chi connectivity index (χ4n) is 5.91. The van der Waals surface area contributed by atoms with Crippen molar-refractivity contribution in [3.63, 3.8) is 0 Å². The number of aliphatic hydroxyl groups excluding tert-OH is 2. The van der Waals surface area contributed by atoms with Gasteiger partial charge in [0.25, 0.3) is 11.8 Å². The van der Waals surface area contributed by atoms with Crippen LogP contribution in [0.25, 0.3) is 0 Å². The summed E-state index contributed by atoms with van der Waals surface area (Å²) in [5.41, 5.74) is 2.25. The van der Waals surface area contributed by atoms with Crippen molar-refractivity contribution in [1.29, 1.82) is 0 Å². The summed E-state index contributed by atoms with van der Waals surface area (Å²) >= 11 is 0. The molecule has 3 atom stereocenters. The largest absolute Gasteiger partial charge is 0.511 e. The number of phenolic OH excluding ortho intramolecular Hbond substituents is 1. The quantitative estimate of drug-likeness (QED) is 0.360. The molecule has 4 rings (SSSR count). The van der Waals surface area contributed by atoms with Gasteiger partial charge in [0.15, 0.2) is 11.4 Å². The number of ketones is 2. The summed E-state index contributed by atoms with van der Waals surface area (Å²) in [6, 6.07) is 1.54. The minimum absolute atomic E-state index is 0.0384. The maximum atomic E-state index is 13.8. The van der Waals surface area contributed by atoms with Gasteiger partial charge in [0.2, 0.25) is 5.78 Å².